The SMILES string of the molecule is [C-]#[N+]c1c(Br)sc(-c2ncn[nH]2)c1Br. The third-order valence-electron chi connectivity index (χ3n) is 1.53. The predicted octanol–water partition coefficient (Wildman–Crippen LogP) is 3.61. The van der Waals surface area contributed by atoms with Crippen LogP contribution in [0.1, 0.15) is 0 Å². The van der Waals surface area contributed by atoms with E-state index in [4.69, 9.17) is 6.57 Å². The van der Waals surface area contributed by atoms with Crippen molar-refractivity contribution in [3.63, 3.8) is 0 Å². The smallest absolute Gasteiger partial charge is 0.226 e. The van der Waals surface area contributed by atoms with E-state index in [1.54, 1.807) is 0 Å². The van der Waals surface area contributed by atoms with E-state index in [0.717, 1.165) is 13.1 Å². The summed E-state index contributed by atoms with van der Waals surface area (Å²) in [6.07, 6.45) is 1.44. The van der Waals surface area contributed by atoms with Crippen LogP contribution in [-0.2, 0) is 0 Å². The Morgan fingerprint density at radius 3 is 2.79 bits per heavy atom. The van der Waals surface area contributed by atoms with Gasteiger partial charge in [0.05, 0.1) is 15.2 Å². The minimum Gasteiger partial charge on any atom is -0.259 e. The van der Waals surface area contributed by atoms with E-state index in [0.29, 0.717) is 11.5 Å². The van der Waals surface area contributed by atoms with Gasteiger partial charge in [0.15, 0.2) is 5.82 Å². The van der Waals surface area contributed by atoms with Gasteiger partial charge in [-0.05, 0) is 0 Å². The molecule has 2 heterocycles. The normalized spacial score (nSPS) is 10.1. The molecule has 0 fully saturated rings. The molecule has 2 aromatic heterocycles. The lowest BCUT2D eigenvalue weighted by atomic mass is 10.4. The zero-order valence-corrected chi connectivity index (χ0v) is 10.6. The van der Waals surface area contributed by atoms with Gasteiger partial charge in [-0.1, -0.05) is 31.9 Å². The van der Waals surface area contributed by atoms with Crippen LogP contribution < -0.4 is 0 Å². The quantitative estimate of drug-likeness (QED) is 0.810. The highest BCUT2D eigenvalue weighted by Gasteiger charge is 2.17. The summed E-state index contributed by atoms with van der Waals surface area (Å²) in [5, 5.41) is 6.52. The third kappa shape index (κ3) is 1.49. The van der Waals surface area contributed by atoms with Crippen molar-refractivity contribution in [3.8, 4) is 10.7 Å². The first-order valence-electron chi connectivity index (χ1n) is 3.45. The molecule has 70 valence electrons. The maximum atomic E-state index is 6.99. The molecule has 0 amide bonds. The molecule has 0 aliphatic rings. The standard InChI is InChI=1S/C7H2Br2N4S/c1-10-4-3(8)5(14-6(4)9)7-11-2-12-13-7/h2H,(H,11,12,13). The Morgan fingerprint density at radius 1 is 1.50 bits per heavy atom. The highest BCUT2D eigenvalue weighted by atomic mass is 79.9. The van der Waals surface area contributed by atoms with Crippen molar-refractivity contribution in [2.24, 2.45) is 0 Å². The number of hydrogen-bond acceptors (Lipinski definition) is 3. The second-order valence-corrected chi connectivity index (χ2v) is 5.44. The van der Waals surface area contributed by atoms with Gasteiger partial charge >= 0.3 is 0 Å². The van der Waals surface area contributed by atoms with Crippen LogP contribution in [0.3, 0.4) is 0 Å². The first-order valence-corrected chi connectivity index (χ1v) is 5.85. The second-order valence-electron chi connectivity index (χ2n) is 2.31. The van der Waals surface area contributed by atoms with Gasteiger partial charge in [0, 0.05) is 4.47 Å². The van der Waals surface area contributed by atoms with Crippen LogP contribution in [0.15, 0.2) is 14.6 Å². The van der Waals surface area contributed by atoms with E-state index < -0.39 is 0 Å². The second kappa shape index (κ2) is 3.81. The molecule has 0 unspecified atom stereocenters. The average molecular weight is 334 g/mol. The van der Waals surface area contributed by atoms with Gasteiger partial charge < -0.3 is 0 Å². The molecule has 0 saturated carbocycles. The molecule has 0 saturated heterocycles. The number of thiophene rings is 1. The zero-order valence-electron chi connectivity index (χ0n) is 6.58. The molecule has 0 atom stereocenters. The zero-order chi connectivity index (χ0) is 10.1. The number of aromatic nitrogens is 3. The topological polar surface area (TPSA) is 45.9 Å². The van der Waals surface area contributed by atoms with E-state index in [2.05, 4.69) is 51.9 Å². The Kier molecular flexibility index (Phi) is 2.67. The van der Waals surface area contributed by atoms with Gasteiger partial charge in [0.2, 0.25) is 5.69 Å². The Morgan fingerprint density at radius 2 is 2.29 bits per heavy atom. The van der Waals surface area contributed by atoms with E-state index in [1.165, 1.54) is 17.7 Å². The molecule has 0 aliphatic heterocycles. The first-order chi connectivity index (χ1) is 6.74. The Bertz CT molecular complexity index is 496. The largest absolute Gasteiger partial charge is 0.259 e. The van der Waals surface area contributed by atoms with E-state index in [-0.39, 0.29) is 0 Å². The Hall–Kier alpha value is -0.710. The number of hydrogen-bond donors (Lipinski definition) is 1. The van der Waals surface area contributed by atoms with Crippen LogP contribution in [-0.4, -0.2) is 15.2 Å². The van der Waals surface area contributed by atoms with Crippen molar-refractivity contribution in [1.82, 2.24) is 15.2 Å². The lowest BCUT2D eigenvalue weighted by molar-refractivity contribution is 1.10. The molecule has 7 heteroatoms. The third-order valence-corrected chi connectivity index (χ3v) is 4.40. The van der Waals surface area contributed by atoms with E-state index in [9.17, 15) is 0 Å². The van der Waals surface area contributed by atoms with Crippen LogP contribution in [0.4, 0.5) is 5.69 Å². The minimum absolute atomic E-state index is 0.571. The fourth-order valence-electron chi connectivity index (χ4n) is 0.937. The number of nitrogens with zero attached hydrogens (tertiary/aromatic N) is 3. The van der Waals surface area contributed by atoms with E-state index >= 15 is 0 Å². The summed E-state index contributed by atoms with van der Waals surface area (Å²) < 4.78 is 1.55. The van der Waals surface area contributed by atoms with Crippen molar-refractivity contribution in [3.05, 3.63) is 26.0 Å². The fourth-order valence-corrected chi connectivity index (χ4v) is 3.63. The molecule has 1 N–H and O–H groups in total. The number of halogens is 2. The lowest BCUT2D eigenvalue weighted by Crippen LogP contribution is -1.75. The van der Waals surface area contributed by atoms with Gasteiger partial charge in [0.1, 0.15) is 6.33 Å². The molecule has 14 heavy (non-hydrogen) atoms. The van der Waals surface area contributed by atoms with Crippen LogP contribution >= 0.6 is 43.2 Å². The van der Waals surface area contributed by atoms with Crippen LogP contribution in [0.2, 0.25) is 0 Å². The highest BCUT2D eigenvalue weighted by molar-refractivity contribution is 9.11. The van der Waals surface area contributed by atoms with Crippen molar-refractivity contribution in [1.29, 1.82) is 0 Å². The molecule has 0 bridgehead atoms. The molecule has 0 spiro atoms. The summed E-state index contributed by atoms with van der Waals surface area (Å²) in [6.45, 7) is 6.99. The number of H-pyrrole nitrogens is 1. The van der Waals surface area contributed by atoms with Crippen LogP contribution in [0.25, 0.3) is 15.5 Å². The summed E-state index contributed by atoms with van der Waals surface area (Å²) in [4.78, 5) is 8.31. The first kappa shape index (κ1) is 9.83. The molecule has 2 aromatic rings. The number of nitrogens with one attached hydrogen (secondary N) is 1. The summed E-state index contributed by atoms with van der Waals surface area (Å²) in [6, 6.07) is 0. The lowest BCUT2D eigenvalue weighted by Gasteiger charge is -1.90. The minimum atomic E-state index is 0.571. The maximum Gasteiger partial charge on any atom is 0.226 e. The number of rotatable bonds is 1. The van der Waals surface area contributed by atoms with E-state index in [1.807, 2.05) is 0 Å². The van der Waals surface area contributed by atoms with Crippen molar-refractivity contribution < 1.29 is 0 Å². The molecular weight excluding hydrogens is 332 g/mol. The van der Waals surface area contributed by atoms with Crippen LogP contribution in [0.5, 0.6) is 0 Å². The van der Waals surface area contributed by atoms with Gasteiger partial charge in [-0.2, -0.15) is 5.10 Å². The molecule has 0 aliphatic carbocycles. The predicted molar refractivity (Wildman–Crippen MR) is 61.4 cm³/mol. The van der Waals surface area contributed by atoms with Crippen molar-refractivity contribution in [2.75, 3.05) is 0 Å². The van der Waals surface area contributed by atoms with Crippen LogP contribution in [0, 0.1) is 6.57 Å². The van der Waals surface area contributed by atoms with Gasteiger partial charge in [-0.25, -0.2) is 9.83 Å². The Balaban J connectivity index is 2.63. The monoisotopic (exact) mass is 332 g/mol. The molecule has 2 rings (SSSR count). The number of aromatic amines is 1. The average Bonchev–Trinajstić information content (AvgIpc) is 2.74. The summed E-state index contributed by atoms with van der Waals surface area (Å²) in [5.74, 6) is 0.664. The summed E-state index contributed by atoms with van der Waals surface area (Å²) in [7, 11) is 0. The molecule has 0 radical (unpaired) electrons. The van der Waals surface area contributed by atoms with Gasteiger partial charge in [-0.3, -0.25) is 5.10 Å². The van der Waals surface area contributed by atoms with Gasteiger partial charge in [0.25, 0.3) is 0 Å². The maximum absolute atomic E-state index is 6.99. The highest BCUT2D eigenvalue weighted by Crippen LogP contribution is 2.47. The molecule has 0 aromatic carbocycles. The summed E-state index contributed by atoms with van der Waals surface area (Å²) >= 11 is 8.13. The van der Waals surface area contributed by atoms with Gasteiger partial charge in [-0.15, -0.1) is 11.3 Å². The van der Waals surface area contributed by atoms with Crippen molar-refractivity contribution in [2.45, 2.75) is 0 Å². The fraction of sp³-hybridized carbons (Fsp3) is 0. The molecule has 4 nitrogen and oxygen atoms in total. The van der Waals surface area contributed by atoms with Crippen molar-refractivity contribution >= 4 is 48.9 Å². The summed E-state index contributed by atoms with van der Waals surface area (Å²) in [5.41, 5.74) is 0.571. The Labute approximate surface area is 100 Å². The molecular formula is C7H2Br2N4S.